The summed E-state index contributed by atoms with van der Waals surface area (Å²) in [7, 11) is 1.62. The molecule has 24 heavy (non-hydrogen) atoms. The Balaban J connectivity index is 1.72. The molecular weight excluding hydrogens is 326 g/mol. The molecule has 1 aromatic carbocycles. The molecule has 126 valence electrons. The molecule has 0 radical (unpaired) electrons. The minimum Gasteiger partial charge on any atom is -0.493 e. The summed E-state index contributed by atoms with van der Waals surface area (Å²) in [5.74, 6) is 1.81. The van der Waals surface area contributed by atoms with Crippen LogP contribution in [-0.2, 0) is 11.3 Å². The fourth-order valence-electron chi connectivity index (χ4n) is 2.98. The number of ether oxygens (including phenoxy) is 2. The zero-order valence-electron chi connectivity index (χ0n) is 13.4. The first-order valence-corrected chi connectivity index (χ1v) is 8.87. The van der Waals surface area contributed by atoms with Crippen molar-refractivity contribution in [1.82, 2.24) is 9.88 Å². The smallest absolute Gasteiger partial charge is 0.226 e. The van der Waals surface area contributed by atoms with Gasteiger partial charge in [-0.15, -0.1) is 11.3 Å². The Labute approximate surface area is 144 Å². The molecule has 1 aromatic heterocycles. The van der Waals surface area contributed by atoms with Gasteiger partial charge in [0.2, 0.25) is 5.91 Å². The lowest BCUT2D eigenvalue weighted by atomic mass is 10.1. The summed E-state index contributed by atoms with van der Waals surface area (Å²) in [6.07, 6.45) is 2.01. The standard InChI is InChI=1S/C17H19N3O3S/c1-22-14-7-11(13-9-24-17(18)19-13)6-12-8-20(4-5-23-15(12)14)16(21)10-2-3-10/h6-7,9-10H,2-5,8H2,1H3,(H2,18,19). The topological polar surface area (TPSA) is 77.7 Å². The van der Waals surface area contributed by atoms with Gasteiger partial charge in [0.15, 0.2) is 16.6 Å². The summed E-state index contributed by atoms with van der Waals surface area (Å²) in [5, 5.41) is 2.45. The van der Waals surface area contributed by atoms with Crippen LogP contribution >= 0.6 is 11.3 Å². The fraction of sp³-hybridized carbons (Fsp3) is 0.412. The third kappa shape index (κ3) is 2.80. The number of nitrogens with two attached hydrogens (primary N) is 1. The number of nitrogen functional groups attached to an aromatic ring is 1. The van der Waals surface area contributed by atoms with Crippen molar-refractivity contribution in [3.05, 3.63) is 23.1 Å². The number of carbonyl (C=O) groups excluding carboxylic acids is 1. The Morgan fingerprint density at radius 1 is 1.46 bits per heavy atom. The highest BCUT2D eigenvalue weighted by atomic mass is 32.1. The van der Waals surface area contributed by atoms with Gasteiger partial charge in [0.05, 0.1) is 19.3 Å². The zero-order valence-corrected chi connectivity index (χ0v) is 14.3. The molecule has 1 fully saturated rings. The van der Waals surface area contributed by atoms with E-state index in [0.717, 1.165) is 35.4 Å². The summed E-state index contributed by atoms with van der Waals surface area (Å²) in [6.45, 7) is 1.62. The van der Waals surface area contributed by atoms with Gasteiger partial charge in [-0.05, 0) is 25.0 Å². The molecule has 1 saturated carbocycles. The lowest BCUT2D eigenvalue weighted by Crippen LogP contribution is -2.33. The Morgan fingerprint density at radius 3 is 2.96 bits per heavy atom. The quantitative estimate of drug-likeness (QED) is 0.925. The van der Waals surface area contributed by atoms with Gasteiger partial charge in [0.1, 0.15) is 6.61 Å². The predicted molar refractivity (Wildman–Crippen MR) is 92.2 cm³/mol. The molecule has 0 saturated heterocycles. The first-order chi connectivity index (χ1) is 11.7. The van der Waals surface area contributed by atoms with E-state index in [4.69, 9.17) is 15.2 Å². The van der Waals surface area contributed by atoms with Gasteiger partial charge >= 0.3 is 0 Å². The van der Waals surface area contributed by atoms with E-state index in [9.17, 15) is 4.79 Å². The third-order valence-corrected chi connectivity index (χ3v) is 5.05. The molecule has 0 atom stereocenters. The number of methoxy groups -OCH3 is 1. The van der Waals surface area contributed by atoms with Crippen LogP contribution in [0, 0.1) is 5.92 Å². The monoisotopic (exact) mass is 345 g/mol. The first-order valence-electron chi connectivity index (χ1n) is 7.99. The van der Waals surface area contributed by atoms with Crippen LogP contribution in [0.4, 0.5) is 5.13 Å². The number of amides is 1. The van der Waals surface area contributed by atoms with Crippen molar-refractivity contribution >= 4 is 22.4 Å². The zero-order chi connectivity index (χ0) is 16.7. The van der Waals surface area contributed by atoms with Crippen LogP contribution in [-0.4, -0.2) is 36.1 Å². The van der Waals surface area contributed by atoms with E-state index >= 15 is 0 Å². The van der Waals surface area contributed by atoms with Crippen molar-refractivity contribution in [2.75, 3.05) is 26.0 Å². The number of nitrogens with zero attached hydrogens (tertiary/aromatic N) is 2. The van der Waals surface area contributed by atoms with Gasteiger partial charge < -0.3 is 20.1 Å². The van der Waals surface area contributed by atoms with Gasteiger partial charge in [-0.3, -0.25) is 4.79 Å². The average molecular weight is 345 g/mol. The van der Waals surface area contributed by atoms with Crippen molar-refractivity contribution in [3.63, 3.8) is 0 Å². The molecule has 1 amide bonds. The van der Waals surface area contributed by atoms with Gasteiger partial charge in [0, 0.05) is 29.0 Å². The van der Waals surface area contributed by atoms with Crippen molar-refractivity contribution in [2.24, 2.45) is 5.92 Å². The van der Waals surface area contributed by atoms with E-state index in [-0.39, 0.29) is 11.8 Å². The molecule has 2 aromatic rings. The molecule has 1 aliphatic carbocycles. The number of thiazole rings is 1. The van der Waals surface area contributed by atoms with Crippen LogP contribution in [0.3, 0.4) is 0 Å². The van der Waals surface area contributed by atoms with Crippen LogP contribution in [0.5, 0.6) is 11.5 Å². The average Bonchev–Trinajstić information content (AvgIpc) is 3.37. The molecule has 4 rings (SSSR count). The number of fused-ring (bicyclic) bond motifs is 1. The number of rotatable bonds is 3. The number of anilines is 1. The van der Waals surface area contributed by atoms with Gasteiger partial charge in [-0.25, -0.2) is 4.98 Å². The summed E-state index contributed by atoms with van der Waals surface area (Å²) >= 11 is 1.40. The highest BCUT2D eigenvalue weighted by Gasteiger charge is 2.34. The first kappa shape index (κ1) is 15.3. The van der Waals surface area contributed by atoms with Crippen LogP contribution < -0.4 is 15.2 Å². The maximum absolute atomic E-state index is 12.4. The van der Waals surface area contributed by atoms with E-state index in [2.05, 4.69) is 4.98 Å². The number of hydrogen-bond acceptors (Lipinski definition) is 6. The summed E-state index contributed by atoms with van der Waals surface area (Å²) < 4.78 is 11.4. The molecular formula is C17H19N3O3S. The Bertz CT molecular complexity index is 785. The van der Waals surface area contributed by atoms with Crippen LogP contribution in [0.25, 0.3) is 11.3 Å². The van der Waals surface area contributed by atoms with Crippen molar-refractivity contribution in [2.45, 2.75) is 19.4 Å². The van der Waals surface area contributed by atoms with Gasteiger partial charge in [-0.1, -0.05) is 0 Å². The number of hydrogen-bond donors (Lipinski definition) is 1. The van der Waals surface area contributed by atoms with E-state index in [1.54, 1.807) is 7.11 Å². The molecule has 1 aliphatic heterocycles. The second kappa shape index (κ2) is 5.98. The largest absolute Gasteiger partial charge is 0.493 e. The van der Waals surface area contributed by atoms with Crippen molar-refractivity contribution < 1.29 is 14.3 Å². The van der Waals surface area contributed by atoms with Crippen LogP contribution in [0.2, 0.25) is 0 Å². The molecule has 0 bridgehead atoms. The Morgan fingerprint density at radius 2 is 2.29 bits per heavy atom. The molecule has 2 heterocycles. The van der Waals surface area contributed by atoms with E-state index in [1.807, 2.05) is 22.4 Å². The van der Waals surface area contributed by atoms with Gasteiger partial charge in [0.25, 0.3) is 0 Å². The third-order valence-electron chi connectivity index (χ3n) is 4.38. The minimum absolute atomic E-state index is 0.204. The summed E-state index contributed by atoms with van der Waals surface area (Å²) in [4.78, 5) is 18.7. The number of benzene rings is 1. The lowest BCUT2D eigenvalue weighted by Gasteiger charge is -2.20. The highest BCUT2D eigenvalue weighted by Crippen LogP contribution is 2.39. The van der Waals surface area contributed by atoms with Crippen molar-refractivity contribution in [3.8, 4) is 22.8 Å². The van der Waals surface area contributed by atoms with Crippen LogP contribution in [0.1, 0.15) is 18.4 Å². The second-order valence-corrected chi connectivity index (χ2v) is 7.01. The molecule has 6 nitrogen and oxygen atoms in total. The van der Waals surface area contributed by atoms with E-state index in [0.29, 0.717) is 30.6 Å². The van der Waals surface area contributed by atoms with E-state index < -0.39 is 0 Å². The number of carbonyl (C=O) groups is 1. The maximum Gasteiger partial charge on any atom is 0.226 e. The predicted octanol–water partition coefficient (Wildman–Crippen LogP) is 2.53. The highest BCUT2D eigenvalue weighted by molar-refractivity contribution is 7.13. The minimum atomic E-state index is 0.204. The normalized spacial score (nSPS) is 17.0. The van der Waals surface area contributed by atoms with Gasteiger partial charge in [-0.2, -0.15) is 0 Å². The molecule has 0 unspecified atom stereocenters. The van der Waals surface area contributed by atoms with Crippen molar-refractivity contribution in [1.29, 1.82) is 0 Å². The number of aromatic nitrogens is 1. The fourth-order valence-corrected chi connectivity index (χ4v) is 3.55. The lowest BCUT2D eigenvalue weighted by molar-refractivity contribution is -0.133. The van der Waals surface area contributed by atoms with E-state index in [1.165, 1.54) is 11.3 Å². The maximum atomic E-state index is 12.4. The molecule has 0 spiro atoms. The SMILES string of the molecule is COc1cc(-c2csc(N)n2)cc2c1OCCN(C(=O)C1CC1)C2. The Kier molecular flexibility index (Phi) is 3.80. The van der Waals surface area contributed by atoms with Crippen LogP contribution in [0.15, 0.2) is 17.5 Å². The summed E-state index contributed by atoms with van der Waals surface area (Å²) in [5.41, 5.74) is 8.42. The molecule has 7 heteroatoms. The molecule has 2 aliphatic rings. The molecule has 2 N–H and O–H groups in total. The summed E-state index contributed by atoms with van der Waals surface area (Å²) in [6, 6.07) is 3.93. The Hall–Kier alpha value is -2.28. The second-order valence-electron chi connectivity index (χ2n) is 6.12.